The lowest BCUT2D eigenvalue weighted by Crippen LogP contribution is -2.26. The minimum Gasteiger partial charge on any atom is -0.310 e. The van der Waals surface area contributed by atoms with E-state index in [1.807, 2.05) is 17.7 Å². The van der Waals surface area contributed by atoms with Crippen molar-refractivity contribution < 1.29 is 0 Å². The van der Waals surface area contributed by atoms with Crippen molar-refractivity contribution in [3.05, 3.63) is 46.5 Å². The summed E-state index contributed by atoms with van der Waals surface area (Å²) >= 11 is 6.50. The zero-order valence-corrected chi connectivity index (χ0v) is 13.7. The molecule has 2 aromatic rings. The Bertz CT molecular complexity index is 579. The molecule has 0 fully saturated rings. The summed E-state index contributed by atoms with van der Waals surface area (Å²) in [7, 11) is 0. The summed E-state index contributed by atoms with van der Waals surface area (Å²) < 4.78 is 1.93. The predicted molar refractivity (Wildman–Crippen MR) is 86.6 cm³/mol. The fourth-order valence-corrected chi connectivity index (χ4v) is 2.70. The zero-order valence-electron chi connectivity index (χ0n) is 12.9. The van der Waals surface area contributed by atoms with Gasteiger partial charge in [-0.3, -0.25) is 4.68 Å². The van der Waals surface area contributed by atoms with E-state index in [1.54, 1.807) is 6.33 Å². The molecule has 114 valence electrons. The number of nitrogens with zero attached hydrogens (tertiary/aromatic N) is 3. The molecule has 1 aromatic carbocycles. The molecule has 5 heteroatoms. The number of aryl methyl sites for hydroxylation is 2. The number of halogens is 1. The Labute approximate surface area is 131 Å². The largest absolute Gasteiger partial charge is 0.310 e. The van der Waals surface area contributed by atoms with E-state index in [9.17, 15) is 0 Å². The second kappa shape index (κ2) is 7.57. The van der Waals surface area contributed by atoms with E-state index >= 15 is 0 Å². The molecular weight excluding hydrogens is 284 g/mol. The average Bonchev–Trinajstić information content (AvgIpc) is 2.93. The number of hydrogen-bond donors (Lipinski definition) is 1. The highest BCUT2D eigenvalue weighted by atomic mass is 35.5. The molecule has 21 heavy (non-hydrogen) atoms. The Morgan fingerprint density at radius 1 is 1.33 bits per heavy atom. The minimum atomic E-state index is 0.159. The van der Waals surface area contributed by atoms with Crippen LogP contribution < -0.4 is 5.32 Å². The molecule has 2 rings (SSSR count). The predicted octanol–water partition coefficient (Wildman–Crippen LogP) is 3.54. The monoisotopic (exact) mass is 306 g/mol. The molecular formula is C16H23ClN4. The van der Waals surface area contributed by atoms with Gasteiger partial charge in [-0.05, 0) is 37.9 Å². The lowest BCUT2D eigenvalue weighted by atomic mass is 10.0. The fourth-order valence-electron chi connectivity index (χ4n) is 2.44. The number of hydrogen-bond acceptors (Lipinski definition) is 3. The summed E-state index contributed by atoms with van der Waals surface area (Å²) in [5.41, 5.74) is 2.24. The molecule has 0 aliphatic rings. The van der Waals surface area contributed by atoms with E-state index in [4.69, 9.17) is 11.6 Å². The van der Waals surface area contributed by atoms with Gasteiger partial charge in [-0.25, -0.2) is 4.98 Å². The van der Waals surface area contributed by atoms with Crippen molar-refractivity contribution in [1.29, 1.82) is 0 Å². The molecule has 0 radical (unpaired) electrons. The topological polar surface area (TPSA) is 42.7 Å². The summed E-state index contributed by atoms with van der Waals surface area (Å²) in [6.45, 7) is 8.06. The summed E-state index contributed by atoms with van der Waals surface area (Å²) in [6, 6.07) is 6.35. The van der Waals surface area contributed by atoms with Crippen LogP contribution in [0, 0.1) is 6.92 Å². The first-order valence-corrected chi connectivity index (χ1v) is 7.90. The van der Waals surface area contributed by atoms with E-state index < -0.39 is 0 Å². The average molecular weight is 307 g/mol. The van der Waals surface area contributed by atoms with Crippen LogP contribution in [0.4, 0.5) is 0 Å². The van der Waals surface area contributed by atoms with Crippen LogP contribution in [0.15, 0.2) is 24.5 Å². The standard InChI is InChI=1S/C16H23ClN4/c1-4-9-18-14(10-15-19-11-20-21(15)5-2)13-8-6-7-12(3)16(13)17/h6-8,11,14,18H,4-5,9-10H2,1-3H3. The highest BCUT2D eigenvalue weighted by Gasteiger charge is 2.18. The van der Waals surface area contributed by atoms with Gasteiger partial charge >= 0.3 is 0 Å². The fraction of sp³-hybridized carbons (Fsp3) is 0.500. The van der Waals surface area contributed by atoms with Crippen LogP contribution in [0.5, 0.6) is 0 Å². The van der Waals surface area contributed by atoms with E-state index in [2.05, 4.69) is 41.4 Å². The van der Waals surface area contributed by atoms with Crippen molar-refractivity contribution in [2.75, 3.05) is 6.54 Å². The molecule has 1 heterocycles. The third kappa shape index (κ3) is 3.83. The summed E-state index contributed by atoms with van der Waals surface area (Å²) in [6.07, 6.45) is 3.49. The van der Waals surface area contributed by atoms with E-state index in [0.717, 1.165) is 47.9 Å². The van der Waals surface area contributed by atoms with Gasteiger partial charge in [0.1, 0.15) is 12.2 Å². The van der Waals surface area contributed by atoms with Crippen LogP contribution >= 0.6 is 11.6 Å². The maximum atomic E-state index is 6.50. The first-order chi connectivity index (χ1) is 10.2. The van der Waals surface area contributed by atoms with Gasteiger partial charge in [0.15, 0.2) is 0 Å². The number of benzene rings is 1. The summed E-state index contributed by atoms with van der Waals surface area (Å²) in [4.78, 5) is 4.38. The van der Waals surface area contributed by atoms with Gasteiger partial charge in [0.2, 0.25) is 0 Å². The van der Waals surface area contributed by atoms with Gasteiger partial charge in [-0.15, -0.1) is 0 Å². The molecule has 1 atom stereocenters. The van der Waals surface area contributed by atoms with Crippen LogP contribution in [0.3, 0.4) is 0 Å². The maximum Gasteiger partial charge on any atom is 0.138 e. The van der Waals surface area contributed by atoms with Crippen molar-refractivity contribution in [3.8, 4) is 0 Å². The molecule has 0 aliphatic carbocycles. The Kier molecular flexibility index (Phi) is 5.76. The van der Waals surface area contributed by atoms with E-state index in [1.165, 1.54) is 0 Å². The molecule has 1 unspecified atom stereocenters. The van der Waals surface area contributed by atoms with Gasteiger partial charge in [0.05, 0.1) is 0 Å². The molecule has 0 saturated heterocycles. The third-order valence-electron chi connectivity index (χ3n) is 3.62. The molecule has 0 bridgehead atoms. The molecule has 1 N–H and O–H groups in total. The number of aromatic nitrogens is 3. The lowest BCUT2D eigenvalue weighted by molar-refractivity contribution is 0.496. The van der Waals surface area contributed by atoms with Crippen molar-refractivity contribution in [1.82, 2.24) is 20.1 Å². The van der Waals surface area contributed by atoms with Gasteiger partial charge in [0.25, 0.3) is 0 Å². The third-order valence-corrected chi connectivity index (χ3v) is 4.14. The van der Waals surface area contributed by atoms with Crippen molar-refractivity contribution in [2.24, 2.45) is 0 Å². The molecule has 1 aromatic heterocycles. The zero-order chi connectivity index (χ0) is 15.2. The molecule has 0 spiro atoms. The second-order valence-corrected chi connectivity index (χ2v) is 5.56. The molecule has 4 nitrogen and oxygen atoms in total. The van der Waals surface area contributed by atoms with Crippen molar-refractivity contribution in [3.63, 3.8) is 0 Å². The minimum absolute atomic E-state index is 0.159. The normalized spacial score (nSPS) is 12.6. The van der Waals surface area contributed by atoms with Crippen LogP contribution in [-0.4, -0.2) is 21.3 Å². The van der Waals surface area contributed by atoms with Gasteiger partial charge < -0.3 is 5.32 Å². The van der Waals surface area contributed by atoms with Gasteiger partial charge in [-0.1, -0.05) is 36.7 Å². The molecule has 0 aliphatic heterocycles. The lowest BCUT2D eigenvalue weighted by Gasteiger charge is -2.21. The SMILES string of the molecule is CCCNC(Cc1ncnn1CC)c1cccc(C)c1Cl. The Balaban J connectivity index is 2.28. The molecule has 0 saturated carbocycles. The van der Waals surface area contributed by atoms with E-state index in [-0.39, 0.29) is 6.04 Å². The summed E-state index contributed by atoms with van der Waals surface area (Å²) in [5.74, 6) is 0.990. The quantitative estimate of drug-likeness (QED) is 0.851. The Morgan fingerprint density at radius 3 is 2.86 bits per heavy atom. The van der Waals surface area contributed by atoms with Crippen LogP contribution in [0.1, 0.15) is 43.3 Å². The number of rotatable bonds is 7. The highest BCUT2D eigenvalue weighted by Crippen LogP contribution is 2.28. The molecule has 0 amide bonds. The van der Waals surface area contributed by atoms with Crippen LogP contribution in [0.25, 0.3) is 0 Å². The maximum absolute atomic E-state index is 6.50. The van der Waals surface area contributed by atoms with E-state index in [0.29, 0.717) is 0 Å². The highest BCUT2D eigenvalue weighted by molar-refractivity contribution is 6.32. The van der Waals surface area contributed by atoms with Crippen LogP contribution in [0.2, 0.25) is 5.02 Å². The first-order valence-electron chi connectivity index (χ1n) is 7.52. The number of nitrogens with one attached hydrogen (secondary N) is 1. The van der Waals surface area contributed by atoms with Gasteiger partial charge in [0, 0.05) is 24.0 Å². The van der Waals surface area contributed by atoms with Crippen LogP contribution in [-0.2, 0) is 13.0 Å². The Hall–Kier alpha value is -1.39. The van der Waals surface area contributed by atoms with Crippen molar-refractivity contribution >= 4 is 11.6 Å². The first kappa shape index (κ1) is 16.0. The summed E-state index contributed by atoms with van der Waals surface area (Å²) in [5, 5.41) is 8.67. The Morgan fingerprint density at radius 2 is 2.14 bits per heavy atom. The smallest absolute Gasteiger partial charge is 0.138 e. The van der Waals surface area contributed by atoms with Crippen molar-refractivity contribution in [2.45, 2.75) is 46.2 Å². The van der Waals surface area contributed by atoms with Gasteiger partial charge in [-0.2, -0.15) is 5.10 Å². The second-order valence-electron chi connectivity index (χ2n) is 5.18.